The molecular weight excluding hydrogens is 312 g/mol. The maximum Gasteiger partial charge on any atom is 0.224 e. The molecule has 1 aromatic heterocycles. The van der Waals surface area contributed by atoms with Crippen LogP contribution >= 0.6 is 11.3 Å². The first-order chi connectivity index (χ1) is 11.1. The lowest BCUT2D eigenvalue weighted by molar-refractivity contribution is -0.140. The first-order valence-electron chi connectivity index (χ1n) is 8.49. The van der Waals surface area contributed by atoms with Gasteiger partial charge in [-0.05, 0) is 26.2 Å². The Labute approximate surface area is 140 Å². The van der Waals surface area contributed by atoms with Crippen molar-refractivity contribution in [2.45, 2.75) is 57.9 Å². The Kier molecular flexibility index (Phi) is 5.25. The molecule has 2 fully saturated rings. The molecule has 1 atom stereocenters. The van der Waals surface area contributed by atoms with Gasteiger partial charge in [0.15, 0.2) is 0 Å². The largest absolute Gasteiger partial charge is 0.355 e. The number of nitrogens with one attached hydrogen (secondary N) is 1. The molecule has 0 spiro atoms. The van der Waals surface area contributed by atoms with Crippen molar-refractivity contribution in [3.8, 4) is 0 Å². The van der Waals surface area contributed by atoms with Gasteiger partial charge in [-0.2, -0.15) is 0 Å². The van der Waals surface area contributed by atoms with E-state index in [1.54, 1.807) is 11.3 Å². The van der Waals surface area contributed by atoms with Gasteiger partial charge in [0, 0.05) is 32.0 Å². The average molecular weight is 336 g/mol. The van der Waals surface area contributed by atoms with Crippen LogP contribution in [0.25, 0.3) is 0 Å². The van der Waals surface area contributed by atoms with E-state index in [2.05, 4.69) is 15.5 Å². The molecule has 6 nitrogen and oxygen atoms in total. The van der Waals surface area contributed by atoms with Crippen LogP contribution in [-0.2, 0) is 16.0 Å². The van der Waals surface area contributed by atoms with Gasteiger partial charge in [-0.3, -0.25) is 9.59 Å². The van der Waals surface area contributed by atoms with Crippen LogP contribution in [0.1, 0.15) is 48.5 Å². The molecule has 2 aliphatic rings. The molecule has 1 saturated heterocycles. The molecule has 0 radical (unpaired) electrons. The van der Waals surface area contributed by atoms with Crippen molar-refractivity contribution < 1.29 is 9.59 Å². The van der Waals surface area contributed by atoms with E-state index in [4.69, 9.17) is 0 Å². The van der Waals surface area contributed by atoms with Crippen LogP contribution in [0.5, 0.6) is 0 Å². The van der Waals surface area contributed by atoms with Gasteiger partial charge in [0.05, 0.1) is 5.92 Å². The van der Waals surface area contributed by atoms with Crippen molar-refractivity contribution in [1.82, 2.24) is 20.4 Å². The average Bonchev–Trinajstić information content (AvgIpc) is 3.19. The van der Waals surface area contributed by atoms with E-state index in [0.717, 1.165) is 29.3 Å². The van der Waals surface area contributed by atoms with Crippen LogP contribution in [0, 0.1) is 12.8 Å². The summed E-state index contributed by atoms with van der Waals surface area (Å²) in [6.07, 6.45) is 6.48. The molecule has 0 aromatic carbocycles. The molecule has 1 aromatic rings. The zero-order chi connectivity index (χ0) is 16.2. The normalized spacial score (nSPS) is 22.6. The fourth-order valence-corrected chi connectivity index (χ4v) is 4.24. The molecule has 1 unspecified atom stereocenters. The van der Waals surface area contributed by atoms with E-state index in [-0.39, 0.29) is 17.7 Å². The third-order valence-electron chi connectivity index (χ3n) is 4.79. The lowest BCUT2D eigenvalue weighted by atomic mass is 9.95. The Morgan fingerprint density at radius 1 is 1.30 bits per heavy atom. The van der Waals surface area contributed by atoms with E-state index in [0.29, 0.717) is 32.0 Å². The third kappa shape index (κ3) is 4.07. The van der Waals surface area contributed by atoms with E-state index < -0.39 is 0 Å². The first kappa shape index (κ1) is 16.4. The maximum atomic E-state index is 12.4. The minimum absolute atomic E-state index is 0.0653. The van der Waals surface area contributed by atoms with Crippen LogP contribution in [0.2, 0.25) is 0 Å². The number of aryl methyl sites for hydroxylation is 1. The minimum atomic E-state index is -0.0653. The smallest absolute Gasteiger partial charge is 0.224 e. The standard InChI is InChI=1S/C16H24N4O2S/c1-11-18-19-14(23-11)8-9-17-16(22)12-6-7-15(21)20(10-12)13-4-2-3-5-13/h12-13H,2-10H2,1H3,(H,17,22). The van der Waals surface area contributed by atoms with Crippen LogP contribution in [0.3, 0.4) is 0 Å². The number of carbonyl (C=O) groups excluding carboxylic acids is 2. The predicted molar refractivity (Wildman–Crippen MR) is 88.1 cm³/mol. The summed E-state index contributed by atoms with van der Waals surface area (Å²) < 4.78 is 0. The highest BCUT2D eigenvalue weighted by Crippen LogP contribution is 2.28. The molecule has 1 saturated carbocycles. The van der Waals surface area contributed by atoms with Gasteiger partial charge in [-0.25, -0.2) is 0 Å². The molecule has 23 heavy (non-hydrogen) atoms. The highest BCUT2D eigenvalue weighted by Gasteiger charge is 2.34. The molecule has 2 amide bonds. The number of rotatable bonds is 5. The van der Waals surface area contributed by atoms with Gasteiger partial charge in [0.2, 0.25) is 11.8 Å². The second kappa shape index (κ2) is 7.38. The third-order valence-corrected chi connectivity index (χ3v) is 5.68. The Bertz CT molecular complexity index is 568. The first-order valence-corrected chi connectivity index (χ1v) is 9.31. The van der Waals surface area contributed by atoms with Crippen molar-refractivity contribution >= 4 is 23.2 Å². The van der Waals surface area contributed by atoms with Crippen LogP contribution < -0.4 is 5.32 Å². The Morgan fingerprint density at radius 3 is 2.78 bits per heavy atom. The highest BCUT2D eigenvalue weighted by molar-refractivity contribution is 7.11. The Hall–Kier alpha value is -1.50. The molecular formula is C16H24N4O2S. The van der Waals surface area contributed by atoms with Gasteiger partial charge in [-0.1, -0.05) is 12.8 Å². The zero-order valence-corrected chi connectivity index (χ0v) is 14.4. The predicted octanol–water partition coefficient (Wildman–Crippen LogP) is 1.69. The quantitative estimate of drug-likeness (QED) is 0.888. The summed E-state index contributed by atoms with van der Waals surface area (Å²) >= 11 is 1.57. The number of hydrogen-bond donors (Lipinski definition) is 1. The van der Waals surface area contributed by atoms with Gasteiger partial charge >= 0.3 is 0 Å². The summed E-state index contributed by atoms with van der Waals surface area (Å²) in [5.74, 6) is 0.233. The molecule has 1 aliphatic heterocycles. The Balaban J connectivity index is 1.47. The van der Waals surface area contributed by atoms with Crippen molar-refractivity contribution in [2.24, 2.45) is 5.92 Å². The number of aromatic nitrogens is 2. The maximum absolute atomic E-state index is 12.4. The van der Waals surface area contributed by atoms with Gasteiger partial charge in [0.1, 0.15) is 10.0 Å². The topological polar surface area (TPSA) is 75.2 Å². The Morgan fingerprint density at radius 2 is 2.09 bits per heavy atom. The van der Waals surface area contributed by atoms with E-state index in [9.17, 15) is 9.59 Å². The molecule has 0 bridgehead atoms. The van der Waals surface area contributed by atoms with Gasteiger partial charge < -0.3 is 10.2 Å². The fraction of sp³-hybridized carbons (Fsp3) is 0.750. The zero-order valence-electron chi connectivity index (χ0n) is 13.6. The van der Waals surface area contributed by atoms with E-state index in [1.165, 1.54) is 12.8 Å². The van der Waals surface area contributed by atoms with E-state index in [1.807, 2.05) is 11.8 Å². The summed E-state index contributed by atoms with van der Waals surface area (Å²) in [5, 5.41) is 12.9. The second-order valence-electron chi connectivity index (χ2n) is 6.48. The van der Waals surface area contributed by atoms with Crippen molar-refractivity contribution in [3.05, 3.63) is 10.0 Å². The summed E-state index contributed by atoms with van der Waals surface area (Å²) in [6.45, 7) is 3.10. The number of likely N-dealkylation sites (tertiary alicyclic amines) is 1. The van der Waals surface area contributed by atoms with E-state index >= 15 is 0 Å². The number of nitrogens with zero attached hydrogens (tertiary/aromatic N) is 3. The van der Waals surface area contributed by atoms with Gasteiger partial charge in [0.25, 0.3) is 0 Å². The molecule has 7 heteroatoms. The summed E-state index contributed by atoms with van der Waals surface area (Å²) in [4.78, 5) is 26.5. The molecule has 1 N–H and O–H groups in total. The SMILES string of the molecule is Cc1nnc(CCNC(=O)C2CCC(=O)N(C3CCCC3)C2)s1. The van der Waals surface area contributed by atoms with Crippen LogP contribution in [-0.4, -0.2) is 46.0 Å². The fourth-order valence-electron chi connectivity index (χ4n) is 3.53. The van der Waals surface area contributed by atoms with Crippen LogP contribution in [0.15, 0.2) is 0 Å². The van der Waals surface area contributed by atoms with Crippen molar-refractivity contribution in [2.75, 3.05) is 13.1 Å². The molecule has 126 valence electrons. The highest BCUT2D eigenvalue weighted by atomic mass is 32.1. The number of piperidine rings is 1. The molecule has 3 rings (SSSR count). The summed E-state index contributed by atoms with van der Waals surface area (Å²) in [5.41, 5.74) is 0. The lowest BCUT2D eigenvalue weighted by Gasteiger charge is -2.36. The molecule has 2 heterocycles. The van der Waals surface area contributed by atoms with Crippen molar-refractivity contribution in [3.63, 3.8) is 0 Å². The minimum Gasteiger partial charge on any atom is -0.355 e. The second-order valence-corrected chi connectivity index (χ2v) is 7.74. The number of hydrogen-bond acceptors (Lipinski definition) is 5. The molecule has 1 aliphatic carbocycles. The van der Waals surface area contributed by atoms with Crippen LogP contribution in [0.4, 0.5) is 0 Å². The van der Waals surface area contributed by atoms with Gasteiger partial charge in [-0.15, -0.1) is 21.5 Å². The lowest BCUT2D eigenvalue weighted by Crippen LogP contribution is -2.49. The monoisotopic (exact) mass is 336 g/mol. The number of carbonyl (C=O) groups is 2. The number of amides is 2. The van der Waals surface area contributed by atoms with Crippen molar-refractivity contribution in [1.29, 1.82) is 0 Å². The summed E-state index contributed by atoms with van der Waals surface area (Å²) in [6, 6.07) is 0.363. The summed E-state index contributed by atoms with van der Waals surface area (Å²) in [7, 11) is 0.